The molecule has 0 radical (unpaired) electrons. The van der Waals surface area contributed by atoms with Crippen LogP contribution in [0.2, 0.25) is 0 Å². The summed E-state index contributed by atoms with van der Waals surface area (Å²) in [5.41, 5.74) is -0.779. The van der Waals surface area contributed by atoms with Gasteiger partial charge >= 0.3 is 11.9 Å². The zero-order chi connectivity index (χ0) is 39.4. The highest BCUT2D eigenvalue weighted by Crippen LogP contribution is 2.37. The Hall–Kier alpha value is -4.24. The number of carboxylic acids is 2. The van der Waals surface area contributed by atoms with Crippen LogP contribution in [0.3, 0.4) is 0 Å². The number of rotatable bonds is 28. The summed E-state index contributed by atoms with van der Waals surface area (Å²) in [6.07, 6.45) is 1.22. The number of H-pyrrole nitrogens is 1. The first-order valence-corrected chi connectivity index (χ1v) is 18.6. The fourth-order valence-corrected chi connectivity index (χ4v) is 6.61. The van der Waals surface area contributed by atoms with Gasteiger partial charge in [-0.3, -0.25) is 23.9 Å². The molecule has 2 unspecified atom stereocenters. The Morgan fingerprint density at radius 1 is 0.827 bits per heavy atom. The normalized spacial score (nSPS) is 13.1. The molecule has 1 aromatic rings. The first-order chi connectivity index (χ1) is 24.2. The molecule has 4 amide bonds. The molecule has 1 aromatic heterocycles. The standard InChI is InChI=1S/C31H54N8O12S/c1-6-8-21(28(44)45)33-25(41)11-10-22(29(46)47)34-27(43)19-51-15-14-50-13-12-32-24(40)9-7-16-52(48,49)37-26(42)18-31(4,5)20-30(2,3)17-23-35-38-39-36-23/h21-22H,6-20H2,1-5H3,(H,32,40)(H,33,41)(H,34,43)(H,37,42)(H,44,45)(H,46,47)(H,35,36,38,39). The first kappa shape index (κ1) is 45.8. The second-order valence-electron chi connectivity index (χ2n) is 13.9. The molecule has 0 spiro atoms. The smallest absolute Gasteiger partial charge is 0.326 e. The van der Waals surface area contributed by atoms with E-state index in [0.29, 0.717) is 25.1 Å². The number of sulfonamides is 1. The summed E-state index contributed by atoms with van der Waals surface area (Å²) in [7, 11) is -3.95. The van der Waals surface area contributed by atoms with Crippen molar-refractivity contribution in [1.82, 2.24) is 41.3 Å². The third-order valence-electron chi connectivity index (χ3n) is 7.40. The van der Waals surface area contributed by atoms with Crippen LogP contribution < -0.4 is 20.7 Å². The predicted molar refractivity (Wildman–Crippen MR) is 184 cm³/mol. The Labute approximate surface area is 303 Å². The summed E-state index contributed by atoms with van der Waals surface area (Å²) in [5, 5.41) is 39.3. The Kier molecular flexibility index (Phi) is 19.9. The number of carboxylic acid groups (broad SMARTS) is 2. The molecule has 7 N–H and O–H groups in total. The van der Waals surface area contributed by atoms with Crippen LogP contribution in [-0.4, -0.2) is 126 Å². The van der Waals surface area contributed by atoms with Gasteiger partial charge in [0.2, 0.25) is 33.7 Å². The van der Waals surface area contributed by atoms with Crippen molar-refractivity contribution in [2.45, 2.75) is 104 Å². The number of carbonyl (C=O) groups is 6. The minimum Gasteiger partial charge on any atom is -0.480 e. The maximum atomic E-state index is 12.5. The number of ether oxygens (including phenoxy) is 2. The molecule has 1 heterocycles. The second-order valence-corrected chi connectivity index (χ2v) is 15.8. The van der Waals surface area contributed by atoms with Gasteiger partial charge in [-0.2, -0.15) is 0 Å². The van der Waals surface area contributed by atoms with Gasteiger partial charge in [0.1, 0.15) is 24.5 Å². The van der Waals surface area contributed by atoms with Gasteiger partial charge in [-0.05, 0) is 46.9 Å². The van der Waals surface area contributed by atoms with E-state index in [0.717, 1.165) is 0 Å². The molecule has 0 aliphatic heterocycles. The Morgan fingerprint density at radius 3 is 2.08 bits per heavy atom. The van der Waals surface area contributed by atoms with Crippen molar-refractivity contribution in [1.29, 1.82) is 0 Å². The van der Waals surface area contributed by atoms with Gasteiger partial charge in [0.25, 0.3) is 0 Å². The van der Waals surface area contributed by atoms with Crippen LogP contribution in [0.4, 0.5) is 0 Å². The lowest BCUT2D eigenvalue weighted by molar-refractivity contribution is -0.144. The highest BCUT2D eigenvalue weighted by molar-refractivity contribution is 7.90. The van der Waals surface area contributed by atoms with E-state index in [4.69, 9.17) is 14.6 Å². The largest absolute Gasteiger partial charge is 0.480 e. The minimum atomic E-state index is -3.95. The van der Waals surface area contributed by atoms with Crippen molar-refractivity contribution in [2.24, 2.45) is 10.8 Å². The van der Waals surface area contributed by atoms with Crippen LogP contribution in [0.15, 0.2) is 0 Å². The van der Waals surface area contributed by atoms with Crippen molar-refractivity contribution in [3.8, 4) is 0 Å². The molecule has 0 aliphatic carbocycles. The van der Waals surface area contributed by atoms with Crippen LogP contribution in [0.1, 0.15) is 91.8 Å². The molecule has 0 saturated heterocycles. The third kappa shape index (κ3) is 21.2. The van der Waals surface area contributed by atoms with E-state index >= 15 is 0 Å². The Bertz CT molecular complexity index is 1420. The highest BCUT2D eigenvalue weighted by atomic mass is 32.2. The molecule has 21 heteroatoms. The molecule has 2 atom stereocenters. The Balaban J connectivity index is 2.21. The number of carbonyl (C=O) groups excluding carboxylic acids is 4. The number of hydrogen-bond acceptors (Lipinski definition) is 13. The molecule has 1 rings (SSSR count). The van der Waals surface area contributed by atoms with Gasteiger partial charge in [-0.25, -0.2) is 23.1 Å². The van der Waals surface area contributed by atoms with Gasteiger partial charge in [0.15, 0.2) is 0 Å². The zero-order valence-electron chi connectivity index (χ0n) is 30.5. The van der Waals surface area contributed by atoms with E-state index < -0.39 is 75.4 Å². The lowest BCUT2D eigenvalue weighted by atomic mass is 9.71. The summed E-state index contributed by atoms with van der Waals surface area (Å²) in [4.78, 5) is 71.4. The van der Waals surface area contributed by atoms with Crippen LogP contribution in [0.25, 0.3) is 0 Å². The molecule has 296 valence electrons. The highest BCUT2D eigenvalue weighted by Gasteiger charge is 2.33. The second kappa shape index (κ2) is 22.6. The molecule has 0 aromatic carbocycles. The number of aliphatic carboxylic acids is 2. The van der Waals surface area contributed by atoms with Crippen LogP contribution in [-0.2, 0) is 54.7 Å². The molecule has 0 saturated carbocycles. The zero-order valence-corrected chi connectivity index (χ0v) is 31.3. The summed E-state index contributed by atoms with van der Waals surface area (Å²) in [5.74, 6) is -4.78. The van der Waals surface area contributed by atoms with Crippen molar-refractivity contribution in [3.05, 3.63) is 5.82 Å². The fraction of sp³-hybridized carbons (Fsp3) is 0.774. The topological polar surface area (TPSA) is 298 Å². The van der Waals surface area contributed by atoms with Crippen LogP contribution in [0.5, 0.6) is 0 Å². The molecule has 0 bridgehead atoms. The average Bonchev–Trinajstić information content (AvgIpc) is 3.50. The number of aromatic amines is 1. The average molecular weight is 763 g/mol. The van der Waals surface area contributed by atoms with E-state index in [1.165, 1.54) is 0 Å². The fourth-order valence-electron chi connectivity index (χ4n) is 5.56. The number of amides is 4. The van der Waals surface area contributed by atoms with Gasteiger partial charge in [-0.1, -0.05) is 41.0 Å². The van der Waals surface area contributed by atoms with E-state index in [9.17, 15) is 42.3 Å². The van der Waals surface area contributed by atoms with Crippen molar-refractivity contribution in [3.63, 3.8) is 0 Å². The molecule has 0 fully saturated rings. The van der Waals surface area contributed by atoms with Crippen molar-refractivity contribution < 1.29 is 56.9 Å². The number of nitrogens with zero attached hydrogens (tertiary/aromatic N) is 3. The van der Waals surface area contributed by atoms with Crippen molar-refractivity contribution in [2.75, 3.05) is 38.7 Å². The number of tetrazole rings is 1. The quantitative estimate of drug-likeness (QED) is 0.0538. The number of hydrogen-bond donors (Lipinski definition) is 7. The molecule has 52 heavy (non-hydrogen) atoms. The maximum absolute atomic E-state index is 12.5. The van der Waals surface area contributed by atoms with Gasteiger partial charge in [-0.15, -0.1) is 5.10 Å². The van der Waals surface area contributed by atoms with Crippen molar-refractivity contribution >= 4 is 45.6 Å². The Morgan fingerprint density at radius 2 is 1.46 bits per heavy atom. The van der Waals surface area contributed by atoms with E-state index in [1.807, 2.05) is 27.7 Å². The SMILES string of the molecule is CCCC(NC(=O)CCC(NC(=O)COCCOCCNC(=O)CCCS(=O)(=O)NC(=O)CC(C)(C)CC(C)(C)Cc1nnn[nH]1)C(=O)O)C(=O)O. The van der Waals surface area contributed by atoms with E-state index in [-0.39, 0.29) is 70.3 Å². The monoisotopic (exact) mass is 762 g/mol. The molecular weight excluding hydrogens is 708 g/mol. The molecule has 20 nitrogen and oxygen atoms in total. The maximum Gasteiger partial charge on any atom is 0.326 e. The summed E-state index contributed by atoms with van der Waals surface area (Å²) >= 11 is 0. The van der Waals surface area contributed by atoms with Gasteiger partial charge in [0, 0.05) is 32.2 Å². The van der Waals surface area contributed by atoms with Crippen LogP contribution >= 0.6 is 0 Å². The third-order valence-corrected chi connectivity index (χ3v) is 8.76. The first-order valence-electron chi connectivity index (χ1n) is 17.0. The number of nitrogens with one attached hydrogen (secondary N) is 5. The lowest BCUT2D eigenvalue weighted by Crippen LogP contribution is -2.44. The molecule has 0 aliphatic rings. The van der Waals surface area contributed by atoms with E-state index in [2.05, 4.69) is 41.3 Å². The summed E-state index contributed by atoms with van der Waals surface area (Å²) < 4.78 is 37.4. The van der Waals surface area contributed by atoms with E-state index in [1.54, 1.807) is 6.92 Å². The number of aromatic nitrogens is 4. The predicted octanol–water partition coefficient (Wildman–Crippen LogP) is -0.330. The lowest BCUT2D eigenvalue weighted by Gasteiger charge is -2.34. The summed E-state index contributed by atoms with van der Waals surface area (Å²) in [6.45, 7) is 9.32. The minimum absolute atomic E-state index is 0.00702. The van der Waals surface area contributed by atoms with Gasteiger partial charge in [0.05, 0.1) is 25.6 Å². The molecular formula is C31H54N8O12S. The summed E-state index contributed by atoms with van der Waals surface area (Å²) in [6, 6.07) is -2.46. The van der Waals surface area contributed by atoms with Crippen LogP contribution in [0, 0.1) is 10.8 Å². The van der Waals surface area contributed by atoms with Gasteiger partial charge < -0.3 is 35.6 Å².